The molecular formula is C19H17ClN2O5. The van der Waals surface area contributed by atoms with Crippen LogP contribution in [0, 0.1) is 0 Å². The van der Waals surface area contributed by atoms with Crippen molar-refractivity contribution < 1.29 is 23.4 Å². The maximum Gasteiger partial charge on any atom is 0.278 e. The molecule has 0 aliphatic rings. The summed E-state index contributed by atoms with van der Waals surface area (Å²) in [6, 6.07) is 10.2. The molecule has 2 aromatic carbocycles. The van der Waals surface area contributed by atoms with E-state index in [9.17, 15) is 4.79 Å². The van der Waals surface area contributed by atoms with Crippen molar-refractivity contribution in [2.24, 2.45) is 0 Å². The molecular weight excluding hydrogens is 372 g/mol. The summed E-state index contributed by atoms with van der Waals surface area (Å²) in [5, 5.41) is 3.07. The molecule has 1 aromatic heterocycles. The lowest BCUT2D eigenvalue weighted by molar-refractivity contribution is 0.102. The van der Waals surface area contributed by atoms with E-state index >= 15 is 0 Å². The molecule has 0 saturated carbocycles. The number of methoxy groups -OCH3 is 3. The zero-order valence-corrected chi connectivity index (χ0v) is 15.7. The van der Waals surface area contributed by atoms with E-state index in [-0.39, 0.29) is 5.69 Å². The topological polar surface area (TPSA) is 82.8 Å². The number of amides is 1. The van der Waals surface area contributed by atoms with Crippen LogP contribution in [0.15, 0.2) is 47.2 Å². The van der Waals surface area contributed by atoms with E-state index in [0.717, 1.165) is 0 Å². The van der Waals surface area contributed by atoms with Gasteiger partial charge in [-0.15, -0.1) is 0 Å². The Balaban J connectivity index is 1.90. The van der Waals surface area contributed by atoms with E-state index in [4.69, 9.17) is 30.2 Å². The van der Waals surface area contributed by atoms with Crippen LogP contribution in [0.4, 0.5) is 5.69 Å². The molecule has 0 aliphatic heterocycles. The van der Waals surface area contributed by atoms with Gasteiger partial charge in [0.15, 0.2) is 17.8 Å². The molecule has 0 spiro atoms. The van der Waals surface area contributed by atoms with Gasteiger partial charge in [0.2, 0.25) is 0 Å². The minimum atomic E-state index is -0.464. The summed E-state index contributed by atoms with van der Waals surface area (Å²) in [4.78, 5) is 16.8. The molecule has 0 saturated heterocycles. The lowest BCUT2D eigenvalue weighted by Gasteiger charge is -2.12. The number of halogens is 1. The smallest absolute Gasteiger partial charge is 0.278 e. The lowest BCUT2D eigenvalue weighted by atomic mass is 10.1. The molecule has 7 nitrogen and oxygen atoms in total. The third kappa shape index (κ3) is 3.83. The number of rotatable bonds is 6. The number of anilines is 1. The van der Waals surface area contributed by atoms with Crippen LogP contribution in [0.2, 0.25) is 5.02 Å². The van der Waals surface area contributed by atoms with Gasteiger partial charge in [-0.05, 0) is 30.3 Å². The standard InChI is InChI=1S/C19H17ClN2O5/c1-24-12-6-4-11(5-7-12)18-17(21-10-27-18)19(23)22-14-8-13(20)15(25-2)9-16(14)26-3/h4-10H,1-3H3,(H,22,23). The van der Waals surface area contributed by atoms with Gasteiger partial charge in [-0.25, -0.2) is 4.98 Å². The normalized spacial score (nSPS) is 10.4. The zero-order valence-electron chi connectivity index (χ0n) is 14.9. The second-order valence-electron chi connectivity index (χ2n) is 5.40. The summed E-state index contributed by atoms with van der Waals surface area (Å²) in [5.41, 5.74) is 1.21. The third-order valence-electron chi connectivity index (χ3n) is 3.86. The number of aromatic nitrogens is 1. The first-order chi connectivity index (χ1) is 13.1. The maximum absolute atomic E-state index is 12.7. The van der Waals surface area contributed by atoms with Crippen molar-refractivity contribution in [3.05, 3.63) is 53.5 Å². The first-order valence-electron chi connectivity index (χ1n) is 7.88. The Hall–Kier alpha value is -3.19. The number of hydrogen-bond donors (Lipinski definition) is 1. The Morgan fingerprint density at radius 1 is 1.04 bits per heavy atom. The first-order valence-corrected chi connectivity index (χ1v) is 8.26. The third-order valence-corrected chi connectivity index (χ3v) is 4.15. The number of carbonyl (C=O) groups is 1. The van der Waals surface area contributed by atoms with Gasteiger partial charge >= 0.3 is 0 Å². The molecule has 8 heteroatoms. The summed E-state index contributed by atoms with van der Waals surface area (Å²) in [6.45, 7) is 0. The fourth-order valence-electron chi connectivity index (χ4n) is 2.49. The second-order valence-corrected chi connectivity index (χ2v) is 5.81. The van der Waals surface area contributed by atoms with Crippen LogP contribution in [0.3, 0.4) is 0 Å². The van der Waals surface area contributed by atoms with Gasteiger partial charge in [0, 0.05) is 11.6 Å². The van der Waals surface area contributed by atoms with Crippen LogP contribution in [-0.4, -0.2) is 32.2 Å². The summed E-state index contributed by atoms with van der Waals surface area (Å²) < 4.78 is 21.0. The molecule has 0 radical (unpaired) electrons. The molecule has 1 heterocycles. The van der Waals surface area contributed by atoms with Crippen molar-refractivity contribution >= 4 is 23.2 Å². The summed E-state index contributed by atoms with van der Waals surface area (Å²) in [6.07, 6.45) is 1.21. The summed E-state index contributed by atoms with van der Waals surface area (Å²) in [5.74, 6) is 1.41. The number of hydrogen-bond acceptors (Lipinski definition) is 6. The highest BCUT2D eigenvalue weighted by Crippen LogP contribution is 2.36. The van der Waals surface area contributed by atoms with E-state index < -0.39 is 5.91 Å². The molecule has 1 N–H and O–H groups in total. The van der Waals surface area contributed by atoms with Crippen molar-refractivity contribution in [3.63, 3.8) is 0 Å². The van der Waals surface area contributed by atoms with Crippen molar-refractivity contribution in [1.29, 1.82) is 0 Å². The van der Waals surface area contributed by atoms with Gasteiger partial charge in [-0.1, -0.05) is 11.6 Å². The Kier molecular flexibility index (Phi) is 5.52. The van der Waals surface area contributed by atoms with Gasteiger partial charge in [-0.3, -0.25) is 4.79 Å². The van der Waals surface area contributed by atoms with E-state index in [1.54, 1.807) is 43.5 Å². The molecule has 0 atom stereocenters. The fraction of sp³-hybridized carbons (Fsp3) is 0.158. The maximum atomic E-state index is 12.7. The Morgan fingerprint density at radius 3 is 2.37 bits per heavy atom. The van der Waals surface area contributed by atoms with Crippen LogP contribution < -0.4 is 19.5 Å². The average molecular weight is 389 g/mol. The minimum Gasteiger partial charge on any atom is -0.497 e. The molecule has 0 bridgehead atoms. The Labute approximate surface area is 160 Å². The van der Waals surface area contributed by atoms with Crippen LogP contribution in [0.5, 0.6) is 17.2 Å². The summed E-state index contributed by atoms with van der Waals surface area (Å²) >= 11 is 6.14. The molecule has 0 unspecified atom stereocenters. The fourth-order valence-corrected chi connectivity index (χ4v) is 2.74. The van der Waals surface area contributed by atoms with Crippen molar-refractivity contribution in [2.45, 2.75) is 0 Å². The van der Waals surface area contributed by atoms with Gasteiger partial charge in [-0.2, -0.15) is 0 Å². The van der Waals surface area contributed by atoms with Gasteiger partial charge < -0.3 is 23.9 Å². The summed E-state index contributed by atoms with van der Waals surface area (Å²) in [7, 11) is 4.56. The van der Waals surface area contributed by atoms with Gasteiger partial charge in [0.1, 0.15) is 17.2 Å². The number of nitrogens with zero attached hydrogens (tertiary/aromatic N) is 1. The predicted octanol–water partition coefficient (Wildman–Crippen LogP) is 4.27. The van der Waals surface area contributed by atoms with Crippen LogP contribution in [-0.2, 0) is 0 Å². The quantitative estimate of drug-likeness (QED) is 0.678. The number of carbonyl (C=O) groups excluding carboxylic acids is 1. The first kappa shape index (κ1) is 18.6. The predicted molar refractivity (Wildman–Crippen MR) is 101 cm³/mol. The molecule has 3 aromatic rings. The SMILES string of the molecule is COc1ccc(-c2ocnc2C(=O)Nc2cc(Cl)c(OC)cc2OC)cc1. The number of benzene rings is 2. The van der Waals surface area contributed by atoms with Crippen LogP contribution >= 0.6 is 11.6 Å². The highest BCUT2D eigenvalue weighted by Gasteiger charge is 2.20. The van der Waals surface area contributed by atoms with E-state index in [1.165, 1.54) is 20.6 Å². The van der Waals surface area contributed by atoms with E-state index in [0.29, 0.717) is 39.3 Å². The molecule has 0 fully saturated rings. The average Bonchev–Trinajstić information content (AvgIpc) is 3.18. The second kappa shape index (κ2) is 8.01. The Bertz CT molecular complexity index is 953. The highest BCUT2D eigenvalue weighted by atomic mass is 35.5. The molecule has 27 heavy (non-hydrogen) atoms. The largest absolute Gasteiger partial charge is 0.497 e. The van der Waals surface area contributed by atoms with E-state index in [2.05, 4.69) is 10.3 Å². The molecule has 140 valence electrons. The minimum absolute atomic E-state index is 0.133. The lowest BCUT2D eigenvalue weighted by Crippen LogP contribution is -2.14. The number of nitrogens with one attached hydrogen (secondary N) is 1. The van der Waals surface area contributed by atoms with Gasteiger partial charge in [0.25, 0.3) is 5.91 Å². The highest BCUT2D eigenvalue weighted by molar-refractivity contribution is 6.32. The molecule has 1 amide bonds. The molecule has 0 aliphatic carbocycles. The van der Waals surface area contributed by atoms with Crippen molar-refractivity contribution in [3.8, 4) is 28.6 Å². The van der Waals surface area contributed by atoms with Crippen molar-refractivity contribution in [2.75, 3.05) is 26.6 Å². The zero-order chi connectivity index (χ0) is 19.4. The van der Waals surface area contributed by atoms with Crippen LogP contribution in [0.1, 0.15) is 10.5 Å². The number of oxazole rings is 1. The van der Waals surface area contributed by atoms with Crippen molar-refractivity contribution in [1.82, 2.24) is 4.98 Å². The van der Waals surface area contributed by atoms with Gasteiger partial charge in [0.05, 0.1) is 32.0 Å². The Morgan fingerprint density at radius 2 is 1.74 bits per heavy atom. The molecule has 3 rings (SSSR count). The van der Waals surface area contributed by atoms with Crippen LogP contribution in [0.25, 0.3) is 11.3 Å². The van der Waals surface area contributed by atoms with E-state index in [1.807, 2.05) is 0 Å². The number of ether oxygens (including phenoxy) is 3. The monoisotopic (exact) mass is 388 g/mol.